The number of nitrogens with zero attached hydrogens (tertiary/aromatic N) is 2. The van der Waals surface area contributed by atoms with Crippen LogP contribution in [0.25, 0.3) is 11.1 Å². The van der Waals surface area contributed by atoms with E-state index in [1.165, 1.54) is 5.56 Å². The van der Waals surface area contributed by atoms with Crippen molar-refractivity contribution in [3.05, 3.63) is 64.6 Å². The summed E-state index contributed by atoms with van der Waals surface area (Å²) in [6.45, 7) is 2.20. The second-order valence-electron chi connectivity index (χ2n) is 6.30. The van der Waals surface area contributed by atoms with E-state index in [4.69, 9.17) is 9.15 Å². The number of likely N-dealkylation sites (N-methyl/N-ethyl adjacent to an activating group) is 1. The first-order valence-corrected chi connectivity index (χ1v) is 8.22. The predicted octanol–water partition coefficient (Wildman–Crippen LogP) is 2.53. The van der Waals surface area contributed by atoms with Crippen LogP contribution in [0.3, 0.4) is 0 Å². The van der Waals surface area contributed by atoms with Gasteiger partial charge in [-0.2, -0.15) is 0 Å². The molecule has 1 atom stereocenters. The summed E-state index contributed by atoms with van der Waals surface area (Å²) in [6, 6.07) is 15.7. The maximum absolute atomic E-state index is 12.0. The zero-order valence-electron chi connectivity index (χ0n) is 13.6. The van der Waals surface area contributed by atoms with E-state index in [0.717, 1.165) is 30.8 Å². The topological polar surface area (TPSA) is 47.6 Å². The van der Waals surface area contributed by atoms with E-state index >= 15 is 0 Å². The minimum Gasteiger partial charge on any atom is -0.488 e. The quantitative estimate of drug-likeness (QED) is 0.723. The normalized spacial score (nSPS) is 16.5. The minimum absolute atomic E-state index is 0.171. The van der Waals surface area contributed by atoms with Gasteiger partial charge >= 0.3 is 5.76 Å². The van der Waals surface area contributed by atoms with Crippen LogP contribution in [0.15, 0.2) is 57.7 Å². The van der Waals surface area contributed by atoms with E-state index in [9.17, 15) is 4.79 Å². The number of ether oxygens (including phenoxy) is 1. The molecule has 2 heterocycles. The Kier molecular flexibility index (Phi) is 3.86. The van der Waals surface area contributed by atoms with E-state index < -0.39 is 0 Å². The molecule has 24 heavy (non-hydrogen) atoms. The molecule has 0 radical (unpaired) electrons. The summed E-state index contributed by atoms with van der Waals surface area (Å²) in [7, 11) is 2.06. The van der Waals surface area contributed by atoms with E-state index in [1.807, 2.05) is 42.5 Å². The second-order valence-corrected chi connectivity index (χ2v) is 6.30. The lowest BCUT2D eigenvalue weighted by Gasteiger charge is -2.20. The van der Waals surface area contributed by atoms with Crippen LogP contribution in [-0.2, 0) is 13.0 Å². The molecule has 0 aliphatic carbocycles. The molecular weight excluding hydrogens is 304 g/mol. The zero-order chi connectivity index (χ0) is 16.5. The molecule has 5 heteroatoms. The van der Waals surface area contributed by atoms with Gasteiger partial charge in [0.25, 0.3) is 0 Å². The van der Waals surface area contributed by atoms with Crippen LogP contribution in [-0.4, -0.2) is 35.7 Å². The molecule has 1 unspecified atom stereocenters. The molecule has 1 aliphatic heterocycles. The maximum atomic E-state index is 12.0. The van der Waals surface area contributed by atoms with Gasteiger partial charge in [0, 0.05) is 26.1 Å². The van der Waals surface area contributed by atoms with Crippen LogP contribution in [0, 0.1) is 0 Å². The third kappa shape index (κ3) is 2.83. The van der Waals surface area contributed by atoms with Gasteiger partial charge in [0.2, 0.25) is 0 Å². The smallest absolute Gasteiger partial charge is 0.419 e. The molecule has 5 nitrogen and oxygen atoms in total. The third-order valence-corrected chi connectivity index (χ3v) is 4.51. The van der Waals surface area contributed by atoms with Crippen LogP contribution in [0.5, 0.6) is 5.75 Å². The number of para-hydroxylation sites is 3. The van der Waals surface area contributed by atoms with Gasteiger partial charge in [-0.15, -0.1) is 0 Å². The zero-order valence-corrected chi connectivity index (χ0v) is 13.6. The second kappa shape index (κ2) is 6.17. The molecule has 0 spiro atoms. The number of benzene rings is 2. The fourth-order valence-corrected chi connectivity index (χ4v) is 3.29. The van der Waals surface area contributed by atoms with Gasteiger partial charge in [0.15, 0.2) is 5.58 Å². The highest BCUT2D eigenvalue weighted by atomic mass is 16.5. The molecule has 0 saturated carbocycles. The average molecular weight is 324 g/mol. The average Bonchev–Trinajstić information content (AvgIpc) is 3.12. The van der Waals surface area contributed by atoms with Crippen LogP contribution < -0.4 is 10.5 Å². The van der Waals surface area contributed by atoms with Crippen LogP contribution in [0.2, 0.25) is 0 Å². The van der Waals surface area contributed by atoms with Crippen molar-refractivity contribution in [1.82, 2.24) is 9.47 Å². The number of hydrogen-bond acceptors (Lipinski definition) is 4. The van der Waals surface area contributed by atoms with Crippen molar-refractivity contribution >= 4 is 11.1 Å². The van der Waals surface area contributed by atoms with Crippen molar-refractivity contribution in [1.29, 1.82) is 0 Å². The molecule has 0 fully saturated rings. The molecular formula is C19H20N2O3. The largest absolute Gasteiger partial charge is 0.488 e. The van der Waals surface area contributed by atoms with Crippen molar-refractivity contribution in [2.45, 2.75) is 19.1 Å². The first kappa shape index (κ1) is 15.0. The van der Waals surface area contributed by atoms with E-state index in [0.29, 0.717) is 12.1 Å². The lowest BCUT2D eigenvalue weighted by molar-refractivity contribution is 0.166. The Morgan fingerprint density at radius 2 is 1.96 bits per heavy atom. The van der Waals surface area contributed by atoms with E-state index in [1.54, 1.807) is 4.57 Å². The van der Waals surface area contributed by atoms with E-state index in [2.05, 4.69) is 18.0 Å². The van der Waals surface area contributed by atoms with Gasteiger partial charge < -0.3 is 14.1 Å². The molecule has 0 amide bonds. The van der Waals surface area contributed by atoms with Crippen molar-refractivity contribution in [2.75, 3.05) is 20.1 Å². The summed E-state index contributed by atoms with van der Waals surface area (Å²) < 4.78 is 12.9. The van der Waals surface area contributed by atoms with Crippen molar-refractivity contribution < 1.29 is 9.15 Å². The monoisotopic (exact) mass is 324 g/mol. The Morgan fingerprint density at radius 1 is 1.17 bits per heavy atom. The summed E-state index contributed by atoms with van der Waals surface area (Å²) in [5.74, 6) is 0.696. The summed E-state index contributed by atoms with van der Waals surface area (Å²) in [4.78, 5) is 14.2. The first-order valence-electron chi connectivity index (χ1n) is 8.22. The third-order valence-electron chi connectivity index (χ3n) is 4.51. The van der Waals surface area contributed by atoms with Gasteiger partial charge in [-0.3, -0.25) is 4.57 Å². The summed E-state index contributed by atoms with van der Waals surface area (Å²) >= 11 is 0. The van der Waals surface area contributed by atoms with Gasteiger partial charge in [0.1, 0.15) is 11.9 Å². The minimum atomic E-state index is -0.297. The fraction of sp³-hybridized carbons (Fsp3) is 0.316. The van der Waals surface area contributed by atoms with Crippen molar-refractivity contribution in [3.63, 3.8) is 0 Å². The Morgan fingerprint density at radius 3 is 2.83 bits per heavy atom. The SMILES string of the molecule is CN(CCn1c(=O)oc2ccccc21)CC1Cc2ccccc2O1. The Balaban J connectivity index is 1.38. The number of fused-ring (bicyclic) bond motifs is 2. The predicted molar refractivity (Wildman–Crippen MR) is 92.5 cm³/mol. The molecule has 2 aromatic carbocycles. The molecule has 1 aromatic heterocycles. The van der Waals surface area contributed by atoms with Crippen LogP contribution in [0.4, 0.5) is 0 Å². The lowest BCUT2D eigenvalue weighted by atomic mass is 10.1. The molecule has 4 rings (SSSR count). The van der Waals surface area contributed by atoms with Crippen LogP contribution in [0.1, 0.15) is 5.56 Å². The molecule has 1 aliphatic rings. The number of oxazole rings is 1. The Bertz CT molecular complexity index is 887. The van der Waals surface area contributed by atoms with Gasteiger partial charge in [-0.05, 0) is 30.8 Å². The molecule has 0 N–H and O–H groups in total. The number of rotatable bonds is 5. The molecule has 0 bridgehead atoms. The molecule has 3 aromatic rings. The summed E-state index contributed by atoms with van der Waals surface area (Å²) in [6.07, 6.45) is 1.11. The van der Waals surface area contributed by atoms with Gasteiger partial charge in [-0.1, -0.05) is 30.3 Å². The highest BCUT2D eigenvalue weighted by Crippen LogP contribution is 2.28. The highest BCUT2D eigenvalue weighted by Gasteiger charge is 2.23. The lowest BCUT2D eigenvalue weighted by Crippen LogP contribution is -2.35. The molecule has 0 saturated heterocycles. The number of aromatic nitrogens is 1. The summed E-state index contributed by atoms with van der Waals surface area (Å²) in [5.41, 5.74) is 2.76. The van der Waals surface area contributed by atoms with Crippen LogP contribution >= 0.6 is 0 Å². The van der Waals surface area contributed by atoms with Crippen molar-refractivity contribution in [3.8, 4) is 5.75 Å². The number of hydrogen-bond donors (Lipinski definition) is 0. The van der Waals surface area contributed by atoms with E-state index in [-0.39, 0.29) is 11.9 Å². The Labute approximate surface area is 140 Å². The first-order chi connectivity index (χ1) is 11.7. The Hall–Kier alpha value is -2.53. The maximum Gasteiger partial charge on any atom is 0.419 e. The van der Waals surface area contributed by atoms with Gasteiger partial charge in [-0.25, -0.2) is 4.79 Å². The molecule has 124 valence electrons. The van der Waals surface area contributed by atoms with Crippen molar-refractivity contribution in [2.24, 2.45) is 0 Å². The fourth-order valence-electron chi connectivity index (χ4n) is 3.29. The highest BCUT2D eigenvalue weighted by molar-refractivity contribution is 5.72. The summed E-state index contributed by atoms with van der Waals surface area (Å²) in [5, 5.41) is 0. The van der Waals surface area contributed by atoms with Gasteiger partial charge in [0.05, 0.1) is 5.52 Å². The standard InChI is InChI=1S/C19H20N2O3/c1-20(13-15-12-14-6-2-4-8-17(14)23-15)10-11-21-16-7-3-5-9-18(16)24-19(21)22/h2-9,15H,10-13H2,1H3.